The first kappa shape index (κ1) is 15.8. The highest BCUT2D eigenvalue weighted by molar-refractivity contribution is 6.32. The molecule has 0 radical (unpaired) electrons. The summed E-state index contributed by atoms with van der Waals surface area (Å²) in [6, 6.07) is 5.86. The van der Waals surface area contributed by atoms with Crippen LogP contribution in [0.5, 0.6) is 0 Å². The van der Waals surface area contributed by atoms with E-state index in [1.165, 1.54) is 23.1 Å². The molecule has 20 heavy (non-hydrogen) atoms. The van der Waals surface area contributed by atoms with Gasteiger partial charge in [-0.15, -0.1) is 0 Å². The summed E-state index contributed by atoms with van der Waals surface area (Å²) in [6.45, 7) is 1.81. The Morgan fingerprint density at radius 1 is 1.50 bits per heavy atom. The first-order valence-corrected chi connectivity index (χ1v) is 6.33. The van der Waals surface area contributed by atoms with E-state index in [0.717, 1.165) is 0 Å². The Labute approximate surface area is 121 Å². The first-order chi connectivity index (χ1) is 9.47. The molecule has 0 aromatic heterocycles. The number of carbonyl (C=O) groups is 2. The van der Waals surface area contributed by atoms with E-state index in [2.05, 4.69) is 5.32 Å². The number of urea groups is 1. The van der Waals surface area contributed by atoms with E-state index in [1.807, 2.05) is 13.0 Å². The number of nitriles is 1. The van der Waals surface area contributed by atoms with Gasteiger partial charge in [0.2, 0.25) is 0 Å². The lowest BCUT2D eigenvalue weighted by Crippen LogP contribution is -2.39. The van der Waals surface area contributed by atoms with E-state index in [0.29, 0.717) is 24.2 Å². The minimum atomic E-state index is -1.08. The number of benzene rings is 1. The average molecular weight is 296 g/mol. The maximum Gasteiger partial charge on any atom is 0.323 e. The maximum absolute atomic E-state index is 11.9. The zero-order valence-corrected chi connectivity index (χ0v) is 11.6. The largest absolute Gasteiger partial charge is 0.480 e. The third kappa shape index (κ3) is 4.44. The van der Waals surface area contributed by atoms with Crippen LogP contribution < -0.4 is 5.32 Å². The summed E-state index contributed by atoms with van der Waals surface area (Å²) in [5.41, 5.74) is 0.714. The van der Waals surface area contributed by atoms with Gasteiger partial charge in [-0.05, 0) is 24.6 Å². The van der Waals surface area contributed by atoms with E-state index in [9.17, 15) is 9.59 Å². The standard InChI is InChI=1S/C13H14ClN3O3/c1-2-5-17(8-12(18)19)13(20)16-10-4-3-9(7-15)11(14)6-10/h3-4,6H,2,5,8H2,1H3,(H,16,20)(H,18,19). The number of hydrogen-bond donors (Lipinski definition) is 2. The van der Waals surface area contributed by atoms with E-state index in [4.69, 9.17) is 22.0 Å². The van der Waals surface area contributed by atoms with Gasteiger partial charge in [0.15, 0.2) is 0 Å². The number of rotatable bonds is 5. The monoisotopic (exact) mass is 295 g/mol. The lowest BCUT2D eigenvalue weighted by Gasteiger charge is -2.20. The molecule has 106 valence electrons. The fourth-order valence-corrected chi connectivity index (χ4v) is 1.79. The van der Waals surface area contributed by atoms with Crippen LogP contribution in [-0.4, -0.2) is 35.1 Å². The number of aliphatic carboxylic acids is 1. The van der Waals surface area contributed by atoms with E-state index in [1.54, 1.807) is 0 Å². The normalized spacial score (nSPS) is 9.65. The SMILES string of the molecule is CCCN(CC(=O)O)C(=O)Nc1ccc(C#N)c(Cl)c1. The molecule has 1 aromatic rings. The third-order valence-electron chi connectivity index (χ3n) is 2.45. The van der Waals surface area contributed by atoms with Gasteiger partial charge in [0.25, 0.3) is 0 Å². The molecule has 1 aromatic carbocycles. The highest BCUT2D eigenvalue weighted by Crippen LogP contribution is 2.20. The second-order valence-corrected chi connectivity index (χ2v) is 4.46. The van der Waals surface area contributed by atoms with Crippen molar-refractivity contribution >= 4 is 29.3 Å². The molecule has 0 heterocycles. The van der Waals surface area contributed by atoms with Crippen molar-refractivity contribution in [1.29, 1.82) is 5.26 Å². The Balaban J connectivity index is 2.80. The molecule has 7 heteroatoms. The Morgan fingerprint density at radius 2 is 2.20 bits per heavy atom. The van der Waals surface area contributed by atoms with Gasteiger partial charge in [-0.1, -0.05) is 18.5 Å². The fraction of sp³-hybridized carbons (Fsp3) is 0.308. The molecule has 2 N–H and O–H groups in total. The summed E-state index contributed by atoms with van der Waals surface area (Å²) in [6.07, 6.45) is 0.648. The van der Waals surface area contributed by atoms with Crippen molar-refractivity contribution in [3.8, 4) is 6.07 Å². The maximum atomic E-state index is 11.9. The molecule has 0 aliphatic carbocycles. The van der Waals surface area contributed by atoms with Crippen LogP contribution in [0, 0.1) is 11.3 Å². The number of nitrogens with one attached hydrogen (secondary N) is 1. The van der Waals surface area contributed by atoms with Crippen LogP contribution in [0.4, 0.5) is 10.5 Å². The number of halogens is 1. The molecule has 0 atom stereocenters. The number of carboxylic acids is 1. The summed E-state index contributed by atoms with van der Waals surface area (Å²) < 4.78 is 0. The summed E-state index contributed by atoms with van der Waals surface area (Å²) in [4.78, 5) is 23.8. The van der Waals surface area contributed by atoms with E-state index < -0.39 is 12.0 Å². The topological polar surface area (TPSA) is 93.4 Å². The van der Waals surface area contributed by atoms with Crippen molar-refractivity contribution in [3.63, 3.8) is 0 Å². The molecule has 0 fully saturated rings. The minimum Gasteiger partial charge on any atom is -0.480 e. The summed E-state index contributed by atoms with van der Waals surface area (Å²) in [5.74, 6) is -1.08. The smallest absolute Gasteiger partial charge is 0.323 e. The molecular formula is C13H14ClN3O3. The molecule has 0 saturated heterocycles. The number of nitrogens with zero attached hydrogens (tertiary/aromatic N) is 2. The molecule has 0 unspecified atom stereocenters. The highest BCUT2D eigenvalue weighted by Gasteiger charge is 2.16. The van der Waals surface area contributed by atoms with Crippen LogP contribution in [0.15, 0.2) is 18.2 Å². The lowest BCUT2D eigenvalue weighted by atomic mass is 10.2. The predicted octanol–water partition coefficient (Wildman–Crippen LogP) is 2.54. The molecular weight excluding hydrogens is 282 g/mol. The van der Waals surface area contributed by atoms with Crippen molar-refractivity contribution in [2.24, 2.45) is 0 Å². The van der Waals surface area contributed by atoms with E-state index in [-0.39, 0.29) is 11.6 Å². The predicted molar refractivity (Wildman–Crippen MR) is 74.7 cm³/mol. The molecule has 1 rings (SSSR count). The van der Waals surface area contributed by atoms with E-state index >= 15 is 0 Å². The summed E-state index contributed by atoms with van der Waals surface area (Å²) >= 11 is 5.86. The zero-order chi connectivity index (χ0) is 15.1. The van der Waals surface area contributed by atoms with Gasteiger partial charge >= 0.3 is 12.0 Å². The minimum absolute atomic E-state index is 0.227. The Morgan fingerprint density at radius 3 is 2.70 bits per heavy atom. The van der Waals surface area contributed by atoms with Gasteiger partial charge in [0.1, 0.15) is 12.6 Å². The lowest BCUT2D eigenvalue weighted by molar-refractivity contribution is -0.137. The van der Waals surface area contributed by atoms with Gasteiger partial charge in [-0.3, -0.25) is 4.79 Å². The van der Waals surface area contributed by atoms with Crippen LogP contribution >= 0.6 is 11.6 Å². The molecule has 0 aliphatic heterocycles. The summed E-state index contributed by atoms with van der Waals surface area (Å²) in [7, 11) is 0. The Bertz CT molecular complexity index is 554. The van der Waals surface area contributed by atoms with Gasteiger partial charge in [-0.25, -0.2) is 4.79 Å². The van der Waals surface area contributed by atoms with Crippen molar-refractivity contribution in [3.05, 3.63) is 28.8 Å². The second-order valence-electron chi connectivity index (χ2n) is 4.05. The van der Waals surface area contributed by atoms with Gasteiger partial charge in [0, 0.05) is 12.2 Å². The van der Waals surface area contributed by atoms with Gasteiger partial charge in [0.05, 0.1) is 10.6 Å². The molecule has 2 amide bonds. The molecule has 0 bridgehead atoms. The highest BCUT2D eigenvalue weighted by atomic mass is 35.5. The van der Waals surface area contributed by atoms with Crippen LogP contribution in [0.2, 0.25) is 5.02 Å². The van der Waals surface area contributed by atoms with Crippen molar-refractivity contribution < 1.29 is 14.7 Å². The number of carbonyl (C=O) groups excluding carboxylic acids is 1. The molecule has 6 nitrogen and oxygen atoms in total. The number of amides is 2. The number of hydrogen-bond acceptors (Lipinski definition) is 3. The van der Waals surface area contributed by atoms with Crippen LogP contribution in [0.1, 0.15) is 18.9 Å². The van der Waals surface area contributed by atoms with Gasteiger partial charge in [-0.2, -0.15) is 5.26 Å². The molecule has 0 aliphatic rings. The van der Waals surface area contributed by atoms with Crippen molar-refractivity contribution in [1.82, 2.24) is 4.90 Å². The fourth-order valence-electron chi connectivity index (χ4n) is 1.57. The Hall–Kier alpha value is -2.26. The van der Waals surface area contributed by atoms with Crippen molar-refractivity contribution in [2.45, 2.75) is 13.3 Å². The van der Waals surface area contributed by atoms with Gasteiger partial charge < -0.3 is 15.3 Å². The van der Waals surface area contributed by atoms with Crippen molar-refractivity contribution in [2.75, 3.05) is 18.4 Å². The molecule has 0 saturated carbocycles. The Kier molecular flexibility index (Phi) is 5.81. The second kappa shape index (κ2) is 7.36. The van der Waals surface area contributed by atoms with Crippen LogP contribution in [0.25, 0.3) is 0 Å². The third-order valence-corrected chi connectivity index (χ3v) is 2.76. The molecule has 0 spiro atoms. The number of carboxylic acid groups (broad SMARTS) is 1. The quantitative estimate of drug-likeness (QED) is 0.873. The van der Waals surface area contributed by atoms with Crippen LogP contribution in [0.3, 0.4) is 0 Å². The van der Waals surface area contributed by atoms with Crippen LogP contribution in [-0.2, 0) is 4.79 Å². The first-order valence-electron chi connectivity index (χ1n) is 5.95. The zero-order valence-electron chi connectivity index (χ0n) is 10.9. The summed E-state index contributed by atoms with van der Waals surface area (Å²) in [5, 5.41) is 20.3. The number of anilines is 1. The average Bonchev–Trinajstić information content (AvgIpc) is 2.38.